The second-order valence-electron chi connectivity index (χ2n) is 4.54. The molecule has 1 N–H and O–H groups in total. The Morgan fingerprint density at radius 3 is 2.83 bits per heavy atom. The number of benzene rings is 1. The molecular weight excluding hydrogens is 308 g/mol. The first-order valence-electron chi connectivity index (χ1n) is 6.05. The first-order valence-corrected chi connectivity index (χ1v) is 7.72. The molecule has 18 heavy (non-hydrogen) atoms. The van der Waals surface area contributed by atoms with Gasteiger partial charge in [0.15, 0.2) is 0 Å². The van der Waals surface area contributed by atoms with Gasteiger partial charge in [-0.25, -0.2) is 4.98 Å². The molecule has 2 nitrogen and oxygen atoms in total. The zero-order chi connectivity index (χ0) is 13.0. The van der Waals surface area contributed by atoms with Gasteiger partial charge in [-0.2, -0.15) is 0 Å². The van der Waals surface area contributed by atoms with Crippen LogP contribution in [-0.2, 0) is 13.0 Å². The molecule has 0 fully saturated rings. The molecule has 0 aliphatic carbocycles. The molecule has 4 heteroatoms. The van der Waals surface area contributed by atoms with E-state index in [-0.39, 0.29) is 0 Å². The summed E-state index contributed by atoms with van der Waals surface area (Å²) < 4.78 is 1.15. The minimum absolute atomic E-state index is 0.499. The Hall–Kier alpha value is -0.710. The number of nitrogens with one attached hydrogen (secondary N) is 1. The summed E-state index contributed by atoms with van der Waals surface area (Å²) in [6.07, 6.45) is 0.897. The van der Waals surface area contributed by atoms with Crippen LogP contribution in [0.3, 0.4) is 0 Å². The molecule has 0 amide bonds. The van der Waals surface area contributed by atoms with Crippen molar-refractivity contribution in [3.05, 3.63) is 50.4 Å². The average molecular weight is 325 g/mol. The first-order chi connectivity index (χ1) is 8.65. The predicted molar refractivity (Wildman–Crippen MR) is 81.0 cm³/mol. The molecule has 0 saturated carbocycles. The van der Waals surface area contributed by atoms with Crippen LogP contribution in [0.5, 0.6) is 0 Å². The summed E-state index contributed by atoms with van der Waals surface area (Å²) in [7, 11) is 0. The molecule has 2 rings (SSSR count). The molecule has 0 unspecified atom stereocenters. The molecule has 96 valence electrons. The van der Waals surface area contributed by atoms with Gasteiger partial charge in [0.2, 0.25) is 0 Å². The number of thiazole rings is 1. The molecule has 0 bridgehead atoms. The minimum atomic E-state index is 0.499. The van der Waals surface area contributed by atoms with Crippen LogP contribution in [0.4, 0.5) is 0 Å². The summed E-state index contributed by atoms with van der Waals surface area (Å²) in [5.41, 5.74) is 2.42. The average Bonchev–Trinajstić information content (AvgIpc) is 2.77. The summed E-state index contributed by atoms with van der Waals surface area (Å²) in [5.74, 6) is 0. The van der Waals surface area contributed by atoms with Gasteiger partial charge < -0.3 is 5.32 Å². The monoisotopic (exact) mass is 324 g/mol. The van der Waals surface area contributed by atoms with E-state index in [0.717, 1.165) is 23.1 Å². The summed E-state index contributed by atoms with van der Waals surface area (Å²) in [4.78, 5) is 4.65. The van der Waals surface area contributed by atoms with Crippen molar-refractivity contribution in [2.24, 2.45) is 0 Å². The zero-order valence-corrected chi connectivity index (χ0v) is 13.0. The number of aromatic nitrogens is 1. The van der Waals surface area contributed by atoms with Gasteiger partial charge in [0.25, 0.3) is 0 Å². The summed E-state index contributed by atoms with van der Waals surface area (Å²) in [5, 5.41) is 6.69. The molecule has 0 saturated heterocycles. The summed E-state index contributed by atoms with van der Waals surface area (Å²) in [6.45, 7) is 5.15. The highest BCUT2D eigenvalue weighted by molar-refractivity contribution is 9.10. The lowest BCUT2D eigenvalue weighted by Gasteiger charge is -2.05. The molecular formula is C14H17BrN2S. The van der Waals surface area contributed by atoms with E-state index >= 15 is 0 Å². The summed E-state index contributed by atoms with van der Waals surface area (Å²) >= 11 is 5.31. The van der Waals surface area contributed by atoms with Crippen LogP contribution in [0.15, 0.2) is 34.1 Å². The van der Waals surface area contributed by atoms with Crippen LogP contribution in [0.25, 0.3) is 0 Å². The minimum Gasteiger partial charge on any atom is -0.309 e. The molecule has 1 aromatic carbocycles. The molecule has 0 atom stereocenters. The van der Waals surface area contributed by atoms with E-state index in [4.69, 9.17) is 0 Å². The van der Waals surface area contributed by atoms with Crippen LogP contribution < -0.4 is 5.32 Å². The van der Waals surface area contributed by atoms with Gasteiger partial charge in [-0.15, -0.1) is 11.3 Å². The number of hydrogen-bond donors (Lipinski definition) is 1. The van der Waals surface area contributed by atoms with E-state index in [1.807, 2.05) is 6.07 Å². The SMILES string of the molecule is CC(C)NCc1csc(Cc2ccccc2Br)n1. The number of rotatable bonds is 5. The first kappa shape index (κ1) is 13.7. The van der Waals surface area contributed by atoms with Crippen molar-refractivity contribution in [1.82, 2.24) is 10.3 Å². The Kier molecular flexibility index (Phi) is 4.92. The van der Waals surface area contributed by atoms with Gasteiger partial charge in [0.05, 0.1) is 10.7 Å². The van der Waals surface area contributed by atoms with Crippen molar-refractivity contribution >= 4 is 27.3 Å². The third-order valence-corrected chi connectivity index (χ3v) is 4.26. The van der Waals surface area contributed by atoms with E-state index in [0.29, 0.717) is 6.04 Å². The van der Waals surface area contributed by atoms with Gasteiger partial charge in [-0.1, -0.05) is 48.0 Å². The zero-order valence-electron chi connectivity index (χ0n) is 10.6. The van der Waals surface area contributed by atoms with Gasteiger partial charge >= 0.3 is 0 Å². The molecule has 0 spiro atoms. The molecule has 1 heterocycles. The van der Waals surface area contributed by atoms with E-state index in [9.17, 15) is 0 Å². The fourth-order valence-corrected chi connectivity index (χ4v) is 2.87. The Labute approximate surface area is 121 Å². The van der Waals surface area contributed by atoms with E-state index in [1.54, 1.807) is 11.3 Å². The van der Waals surface area contributed by atoms with Crippen molar-refractivity contribution in [2.75, 3.05) is 0 Å². The van der Waals surface area contributed by atoms with Crippen LogP contribution in [0.2, 0.25) is 0 Å². The third kappa shape index (κ3) is 3.90. The predicted octanol–water partition coefficient (Wildman–Crippen LogP) is 3.99. The number of hydrogen-bond acceptors (Lipinski definition) is 3. The lowest BCUT2D eigenvalue weighted by molar-refractivity contribution is 0.582. The fourth-order valence-electron chi connectivity index (χ4n) is 1.62. The highest BCUT2D eigenvalue weighted by Gasteiger charge is 2.05. The lowest BCUT2D eigenvalue weighted by Crippen LogP contribution is -2.21. The van der Waals surface area contributed by atoms with Gasteiger partial charge in [-0.05, 0) is 11.6 Å². The second kappa shape index (κ2) is 6.45. The van der Waals surface area contributed by atoms with E-state index in [1.165, 1.54) is 10.6 Å². The number of nitrogens with zero attached hydrogens (tertiary/aromatic N) is 1. The standard InChI is InChI=1S/C14H17BrN2S/c1-10(2)16-8-12-9-18-14(17-12)7-11-5-3-4-6-13(11)15/h3-6,9-10,16H,7-8H2,1-2H3. The molecule has 0 aliphatic heterocycles. The quantitative estimate of drug-likeness (QED) is 0.899. The largest absolute Gasteiger partial charge is 0.309 e. The van der Waals surface area contributed by atoms with Crippen LogP contribution in [0, 0.1) is 0 Å². The maximum Gasteiger partial charge on any atom is 0.0973 e. The Bertz CT molecular complexity index is 508. The summed E-state index contributed by atoms with van der Waals surface area (Å²) in [6, 6.07) is 8.81. The van der Waals surface area contributed by atoms with E-state index < -0.39 is 0 Å². The molecule has 0 radical (unpaired) electrons. The topological polar surface area (TPSA) is 24.9 Å². The maximum absolute atomic E-state index is 4.65. The molecule has 2 aromatic rings. The maximum atomic E-state index is 4.65. The van der Waals surface area contributed by atoms with Crippen molar-refractivity contribution < 1.29 is 0 Å². The lowest BCUT2D eigenvalue weighted by atomic mass is 10.2. The fraction of sp³-hybridized carbons (Fsp3) is 0.357. The smallest absolute Gasteiger partial charge is 0.0973 e. The van der Waals surface area contributed by atoms with Crippen molar-refractivity contribution in [2.45, 2.75) is 32.9 Å². The van der Waals surface area contributed by atoms with E-state index in [2.05, 4.69) is 63.7 Å². The van der Waals surface area contributed by atoms with Gasteiger partial charge in [0.1, 0.15) is 0 Å². The van der Waals surface area contributed by atoms with Crippen LogP contribution in [-0.4, -0.2) is 11.0 Å². The van der Waals surface area contributed by atoms with Crippen molar-refractivity contribution in [1.29, 1.82) is 0 Å². The Balaban J connectivity index is 2.00. The highest BCUT2D eigenvalue weighted by atomic mass is 79.9. The van der Waals surface area contributed by atoms with Crippen molar-refractivity contribution in [3.8, 4) is 0 Å². The van der Waals surface area contributed by atoms with Crippen LogP contribution in [0.1, 0.15) is 30.1 Å². The highest BCUT2D eigenvalue weighted by Crippen LogP contribution is 2.21. The number of halogens is 1. The molecule has 1 aromatic heterocycles. The van der Waals surface area contributed by atoms with Gasteiger partial charge in [-0.3, -0.25) is 0 Å². The third-order valence-electron chi connectivity index (χ3n) is 2.59. The van der Waals surface area contributed by atoms with Crippen LogP contribution >= 0.6 is 27.3 Å². The van der Waals surface area contributed by atoms with Crippen molar-refractivity contribution in [3.63, 3.8) is 0 Å². The normalized spacial score (nSPS) is 11.1. The Morgan fingerprint density at radius 1 is 1.33 bits per heavy atom. The Morgan fingerprint density at radius 2 is 2.11 bits per heavy atom. The second-order valence-corrected chi connectivity index (χ2v) is 6.33. The van der Waals surface area contributed by atoms with Gasteiger partial charge in [0, 0.05) is 28.9 Å². The molecule has 0 aliphatic rings.